The van der Waals surface area contributed by atoms with Crippen LogP contribution in [0.3, 0.4) is 0 Å². The summed E-state index contributed by atoms with van der Waals surface area (Å²) in [5, 5.41) is 9.50. The molecule has 2 heterocycles. The highest BCUT2D eigenvalue weighted by Gasteiger charge is 2.62. The lowest BCUT2D eigenvalue weighted by molar-refractivity contribution is -0.153. The van der Waals surface area contributed by atoms with Gasteiger partial charge in [-0.05, 0) is 38.5 Å². The van der Waals surface area contributed by atoms with Gasteiger partial charge in [0, 0.05) is 5.92 Å². The molecule has 0 aromatic heterocycles. The zero-order valence-corrected chi connectivity index (χ0v) is 16.2. The number of aliphatic hydroxyl groups excluding tert-OH is 1. The van der Waals surface area contributed by atoms with Crippen molar-refractivity contribution in [2.45, 2.75) is 64.0 Å². The van der Waals surface area contributed by atoms with Crippen molar-refractivity contribution in [3.05, 3.63) is 29.8 Å². The van der Waals surface area contributed by atoms with Gasteiger partial charge in [0.1, 0.15) is 23.6 Å². The van der Waals surface area contributed by atoms with Crippen LogP contribution < -0.4 is 4.74 Å². The molecule has 26 heavy (non-hydrogen) atoms. The van der Waals surface area contributed by atoms with Crippen LogP contribution in [0.25, 0.3) is 0 Å². The van der Waals surface area contributed by atoms with E-state index >= 15 is 0 Å². The van der Waals surface area contributed by atoms with Crippen molar-refractivity contribution in [1.29, 1.82) is 0 Å². The Balaban J connectivity index is 1.54. The van der Waals surface area contributed by atoms with Crippen molar-refractivity contribution in [1.82, 2.24) is 0 Å². The normalized spacial score (nSPS) is 33.8. The van der Waals surface area contributed by atoms with Crippen LogP contribution in [-0.4, -0.2) is 55.1 Å². The quantitative estimate of drug-likeness (QED) is 0.713. The van der Waals surface area contributed by atoms with E-state index in [1.807, 2.05) is 45.0 Å². The second kappa shape index (κ2) is 7.44. The number of epoxide rings is 1. The predicted molar refractivity (Wildman–Crippen MR) is 96.0 cm³/mol. The van der Waals surface area contributed by atoms with Gasteiger partial charge < -0.3 is 28.8 Å². The number of aliphatic hydroxyl groups is 1. The lowest BCUT2D eigenvalue weighted by Crippen LogP contribution is -2.38. The van der Waals surface area contributed by atoms with Crippen LogP contribution in [-0.2, 0) is 25.6 Å². The minimum absolute atomic E-state index is 0.0208. The number of ether oxygens (including phenoxy) is 5. The first kappa shape index (κ1) is 19.6. The average Bonchev–Trinajstić information content (AvgIpc) is 3.19. The summed E-state index contributed by atoms with van der Waals surface area (Å²) >= 11 is 0. The molecule has 0 aliphatic carbocycles. The zero-order chi connectivity index (χ0) is 18.9. The molecule has 2 aliphatic heterocycles. The van der Waals surface area contributed by atoms with E-state index in [0.717, 1.165) is 11.3 Å². The number of benzene rings is 1. The first-order chi connectivity index (χ1) is 12.3. The predicted octanol–water partition coefficient (Wildman–Crippen LogP) is 2.52. The molecular formula is C20H30O6. The molecule has 146 valence electrons. The lowest BCUT2D eigenvalue weighted by Gasteiger charge is -2.23. The van der Waals surface area contributed by atoms with Gasteiger partial charge in [0.05, 0.1) is 33.0 Å². The third-order valence-corrected chi connectivity index (χ3v) is 5.09. The maximum absolute atomic E-state index is 9.50. The van der Waals surface area contributed by atoms with Crippen LogP contribution in [0.15, 0.2) is 24.3 Å². The van der Waals surface area contributed by atoms with E-state index < -0.39 is 11.4 Å². The van der Waals surface area contributed by atoms with Crippen molar-refractivity contribution in [3.8, 4) is 5.75 Å². The molecule has 0 spiro atoms. The third-order valence-electron chi connectivity index (χ3n) is 5.09. The maximum Gasteiger partial charge on any atom is 0.163 e. The number of hydrogen-bond acceptors (Lipinski definition) is 6. The fourth-order valence-corrected chi connectivity index (χ4v) is 3.47. The van der Waals surface area contributed by atoms with E-state index in [1.165, 1.54) is 0 Å². The standard InChI is InChI=1S/C20H30O6/c1-13(10-23-11-14-6-8-15(22-5)9-7-14)16-17(25-19(2,3)24-16)18-20(4,12-21)26-18/h6-9,13,16-18,21H,10-12H2,1-5H3/t13-,16-,17+,18-,20-/m1/s1. The highest BCUT2D eigenvalue weighted by Crippen LogP contribution is 2.46. The Morgan fingerprint density at radius 2 is 1.81 bits per heavy atom. The SMILES string of the molecule is COc1ccc(COC[C@@H](C)[C@H]2OC(C)(C)O[C@@H]2[C@H]2O[C@]2(C)CO)cc1. The Bertz CT molecular complexity index is 601. The second-order valence-corrected chi connectivity index (χ2v) is 7.91. The largest absolute Gasteiger partial charge is 0.497 e. The molecule has 6 nitrogen and oxygen atoms in total. The van der Waals surface area contributed by atoms with Crippen LogP contribution in [0, 0.1) is 5.92 Å². The molecule has 0 bridgehead atoms. The van der Waals surface area contributed by atoms with Crippen LogP contribution in [0.4, 0.5) is 0 Å². The molecule has 6 heteroatoms. The molecular weight excluding hydrogens is 336 g/mol. The summed E-state index contributed by atoms with van der Waals surface area (Å²) in [7, 11) is 1.65. The second-order valence-electron chi connectivity index (χ2n) is 7.91. The lowest BCUT2D eigenvalue weighted by atomic mass is 9.94. The zero-order valence-electron chi connectivity index (χ0n) is 16.2. The summed E-state index contributed by atoms with van der Waals surface area (Å²) in [5.74, 6) is 0.300. The van der Waals surface area contributed by atoms with Gasteiger partial charge in [-0.25, -0.2) is 0 Å². The molecule has 3 rings (SSSR count). The van der Waals surface area contributed by atoms with Crippen LogP contribution in [0.2, 0.25) is 0 Å². The van der Waals surface area contributed by atoms with Gasteiger partial charge in [0.15, 0.2) is 5.79 Å². The van der Waals surface area contributed by atoms with Crippen molar-refractivity contribution in [2.24, 2.45) is 5.92 Å². The van der Waals surface area contributed by atoms with Gasteiger partial charge in [-0.1, -0.05) is 19.1 Å². The Hall–Kier alpha value is -1.18. The topological polar surface area (TPSA) is 69.7 Å². The highest BCUT2D eigenvalue weighted by molar-refractivity contribution is 5.26. The molecule has 0 unspecified atom stereocenters. The number of hydrogen-bond donors (Lipinski definition) is 1. The van der Waals surface area contributed by atoms with E-state index in [-0.39, 0.29) is 30.8 Å². The van der Waals surface area contributed by atoms with Gasteiger partial charge in [-0.15, -0.1) is 0 Å². The molecule has 2 aliphatic rings. The van der Waals surface area contributed by atoms with Crippen LogP contribution >= 0.6 is 0 Å². The summed E-state index contributed by atoms with van der Waals surface area (Å²) in [6.07, 6.45) is -0.496. The minimum atomic E-state index is -0.665. The monoisotopic (exact) mass is 366 g/mol. The van der Waals surface area contributed by atoms with Crippen LogP contribution in [0.1, 0.15) is 33.3 Å². The fraction of sp³-hybridized carbons (Fsp3) is 0.700. The van der Waals surface area contributed by atoms with E-state index in [2.05, 4.69) is 6.92 Å². The molecule has 2 fully saturated rings. The first-order valence-electron chi connectivity index (χ1n) is 9.13. The molecule has 1 aromatic carbocycles. The fourth-order valence-electron chi connectivity index (χ4n) is 3.47. The van der Waals surface area contributed by atoms with Crippen LogP contribution in [0.5, 0.6) is 5.75 Å². The molecule has 0 radical (unpaired) electrons. The summed E-state index contributed by atoms with van der Waals surface area (Å²) < 4.78 is 28.9. The smallest absolute Gasteiger partial charge is 0.163 e. The third kappa shape index (κ3) is 4.21. The Kier molecular flexibility index (Phi) is 5.61. The van der Waals surface area contributed by atoms with Gasteiger partial charge in [-0.3, -0.25) is 0 Å². The number of rotatable bonds is 8. The molecule has 1 N–H and O–H groups in total. The summed E-state index contributed by atoms with van der Waals surface area (Å²) in [4.78, 5) is 0. The first-order valence-corrected chi connectivity index (χ1v) is 9.13. The Morgan fingerprint density at radius 3 is 2.38 bits per heavy atom. The van der Waals surface area contributed by atoms with Gasteiger partial charge in [0.25, 0.3) is 0 Å². The van der Waals surface area contributed by atoms with E-state index in [1.54, 1.807) is 7.11 Å². The maximum atomic E-state index is 9.50. The average molecular weight is 366 g/mol. The van der Waals surface area contributed by atoms with Gasteiger partial charge in [-0.2, -0.15) is 0 Å². The van der Waals surface area contributed by atoms with Gasteiger partial charge >= 0.3 is 0 Å². The van der Waals surface area contributed by atoms with E-state index in [4.69, 9.17) is 23.7 Å². The minimum Gasteiger partial charge on any atom is -0.497 e. The van der Waals surface area contributed by atoms with Crippen molar-refractivity contribution < 1.29 is 28.8 Å². The summed E-state index contributed by atoms with van der Waals surface area (Å²) in [6, 6.07) is 7.84. The van der Waals surface area contributed by atoms with E-state index in [0.29, 0.717) is 13.2 Å². The molecule has 0 saturated carbocycles. The molecule has 1 aromatic rings. The van der Waals surface area contributed by atoms with Gasteiger partial charge in [0.2, 0.25) is 0 Å². The molecule has 0 amide bonds. The summed E-state index contributed by atoms with van der Waals surface area (Å²) in [6.45, 7) is 8.86. The Morgan fingerprint density at radius 1 is 1.12 bits per heavy atom. The van der Waals surface area contributed by atoms with E-state index in [9.17, 15) is 5.11 Å². The van der Waals surface area contributed by atoms with Crippen molar-refractivity contribution in [2.75, 3.05) is 20.3 Å². The van der Waals surface area contributed by atoms with Crippen molar-refractivity contribution >= 4 is 0 Å². The number of methoxy groups -OCH3 is 1. The summed E-state index contributed by atoms with van der Waals surface area (Å²) in [5.41, 5.74) is 0.563. The highest BCUT2D eigenvalue weighted by atomic mass is 16.8. The molecule has 2 saturated heterocycles. The Labute approximate surface area is 155 Å². The molecule has 5 atom stereocenters. The van der Waals surface area contributed by atoms with Crippen molar-refractivity contribution in [3.63, 3.8) is 0 Å².